The molecular formula is C19H17ClF2N2O3. The lowest BCUT2D eigenvalue weighted by molar-refractivity contribution is -0.0528. The van der Waals surface area contributed by atoms with Crippen LogP contribution < -0.4 is 14.2 Å². The van der Waals surface area contributed by atoms with Crippen molar-refractivity contribution < 1.29 is 23.0 Å². The average Bonchev–Trinajstić information content (AvgIpc) is 3.10. The fourth-order valence-corrected chi connectivity index (χ4v) is 3.04. The Kier molecular flexibility index (Phi) is 5.81. The monoisotopic (exact) mass is 394 g/mol. The summed E-state index contributed by atoms with van der Waals surface area (Å²) in [6.07, 6.45) is 3.34. The number of hydrogen-bond donors (Lipinski definition) is 0. The van der Waals surface area contributed by atoms with Gasteiger partial charge in [0.05, 0.1) is 25.5 Å². The molecule has 8 heteroatoms. The van der Waals surface area contributed by atoms with E-state index in [4.69, 9.17) is 21.1 Å². The Morgan fingerprint density at radius 1 is 1.11 bits per heavy atom. The third-order valence-corrected chi connectivity index (χ3v) is 4.20. The number of ether oxygens (including phenoxy) is 3. The topological polar surface area (TPSA) is 45.5 Å². The second-order valence-electron chi connectivity index (χ2n) is 5.57. The number of rotatable bonds is 7. The van der Waals surface area contributed by atoms with Gasteiger partial charge in [-0.15, -0.1) is 0 Å². The lowest BCUT2D eigenvalue weighted by Crippen LogP contribution is -2.06. The predicted molar refractivity (Wildman–Crippen MR) is 98.0 cm³/mol. The van der Waals surface area contributed by atoms with Crippen molar-refractivity contribution in [2.24, 2.45) is 0 Å². The van der Waals surface area contributed by atoms with E-state index < -0.39 is 6.61 Å². The molecule has 3 rings (SSSR count). The van der Waals surface area contributed by atoms with Crippen LogP contribution in [0.5, 0.6) is 17.4 Å². The second-order valence-corrected chi connectivity index (χ2v) is 5.98. The molecule has 142 valence electrons. The summed E-state index contributed by atoms with van der Waals surface area (Å²) in [5.74, 6) is 1.05. The molecule has 0 amide bonds. The largest absolute Gasteiger partial charge is 0.496 e. The SMILES string of the molecule is COc1cccc(OC)c1-c1cccn1Cc1cnc(OC(F)F)c(Cl)c1. The van der Waals surface area contributed by atoms with Crippen LogP contribution in [0.15, 0.2) is 48.8 Å². The standard InChI is InChI=1S/C19H17ClF2N2O3/c1-25-15-6-3-7-16(26-2)17(15)14-5-4-8-24(14)11-12-9-13(20)18(23-10-12)27-19(21)22/h3-10,19H,11H2,1-2H3. The second kappa shape index (κ2) is 8.26. The number of benzene rings is 1. The Morgan fingerprint density at radius 3 is 2.41 bits per heavy atom. The van der Waals surface area contributed by atoms with E-state index in [2.05, 4.69) is 9.72 Å². The summed E-state index contributed by atoms with van der Waals surface area (Å²) in [6.45, 7) is -2.56. The number of aromatic nitrogens is 2. The fraction of sp³-hybridized carbons (Fsp3) is 0.211. The van der Waals surface area contributed by atoms with Crippen molar-refractivity contribution in [1.29, 1.82) is 0 Å². The molecule has 0 aliphatic carbocycles. The van der Waals surface area contributed by atoms with E-state index in [0.717, 1.165) is 16.8 Å². The number of alkyl halides is 2. The van der Waals surface area contributed by atoms with Gasteiger partial charge < -0.3 is 18.8 Å². The lowest BCUT2D eigenvalue weighted by atomic mass is 10.1. The first-order valence-corrected chi connectivity index (χ1v) is 8.37. The lowest BCUT2D eigenvalue weighted by Gasteiger charge is -2.16. The summed E-state index contributed by atoms with van der Waals surface area (Å²) in [5, 5.41) is 0.0244. The van der Waals surface area contributed by atoms with Gasteiger partial charge in [-0.1, -0.05) is 17.7 Å². The zero-order valence-corrected chi connectivity index (χ0v) is 15.4. The van der Waals surface area contributed by atoms with Gasteiger partial charge in [-0.2, -0.15) is 8.78 Å². The van der Waals surface area contributed by atoms with Gasteiger partial charge in [0.1, 0.15) is 16.5 Å². The van der Waals surface area contributed by atoms with Gasteiger partial charge in [0, 0.05) is 18.9 Å². The van der Waals surface area contributed by atoms with E-state index in [1.807, 2.05) is 41.1 Å². The van der Waals surface area contributed by atoms with Crippen LogP contribution in [-0.4, -0.2) is 30.4 Å². The summed E-state index contributed by atoms with van der Waals surface area (Å²) in [4.78, 5) is 3.87. The Bertz CT molecular complexity index is 909. The molecule has 2 aromatic heterocycles. The highest BCUT2D eigenvalue weighted by atomic mass is 35.5. The number of methoxy groups -OCH3 is 2. The van der Waals surface area contributed by atoms with E-state index in [1.165, 1.54) is 6.20 Å². The van der Waals surface area contributed by atoms with Crippen LogP contribution in [0, 0.1) is 0 Å². The number of nitrogens with zero attached hydrogens (tertiary/aromatic N) is 2. The molecule has 0 radical (unpaired) electrons. The minimum atomic E-state index is -2.98. The summed E-state index contributed by atoms with van der Waals surface area (Å²) >= 11 is 6.00. The highest BCUT2D eigenvalue weighted by Gasteiger charge is 2.16. The van der Waals surface area contributed by atoms with Gasteiger partial charge in [0.15, 0.2) is 0 Å². The van der Waals surface area contributed by atoms with E-state index >= 15 is 0 Å². The van der Waals surface area contributed by atoms with Gasteiger partial charge in [0.2, 0.25) is 5.88 Å². The summed E-state index contributed by atoms with van der Waals surface area (Å²) in [5.41, 5.74) is 2.41. The Balaban J connectivity index is 1.94. The quantitative estimate of drug-likeness (QED) is 0.573. The third-order valence-electron chi connectivity index (χ3n) is 3.93. The Labute approximate surface area is 160 Å². The molecule has 2 heterocycles. The molecule has 1 aromatic carbocycles. The van der Waals surface area contributed by atoms with Crippen LogP contribution in [-0.2, 0) is 6.54 Å². The molecule has 0 fully saturated rings. The van der Waals surface area contributed by atoms with E-state index in [0.29, 0.717) is 18.0 Å². The number of hydrogen-bond acceptors (Lipinski definition) is 4. The van der Waals surface area contributed by atoms with Gasteiger partial charge in [-0.05, 0) is 35.9 Å². The van der Waals surface area contributed by atoms with Crippen molar-refractivity contribution in [2.75, 3.05) is 14.2 Å². The summed E-state index contributed by atoms with van der Waals surface area (Å²) in [6, 6.07) is 10.9. The molecule has 0 unspecified atom stereocenters. The first kappa shape index (κ1) is 19.0. The minimum Gasteiger partial charge on any atom is -0.496 e. The smallest absolute Gasteiger partial charge is 0.388 e. The van der Waals surface area contributed by atoms with Crippen molar-refractivity contribution in [3.63, 3.8) is 0 Å². The molecule has 0 saturated carbocycles. The molecule has 0 saturated heterocycles. The molecule has 0 aliphatic rings. The number of halogens is 3. The Hall–Kier alpha value is -2.80. The van der Waals surface area contributed by atoms with Gasteiger partial charge >= 0.3 is 6.61 Å². The highest BCUT2D eigenvalue weighted by molar-refractivity contribution is 6.31. The average molecular weight is 395 g/mol. The zero-order valence-electron chi connectivity index (χ0n) is 14.7. The van der Waals surface area contributed by atoms with Gasteiger partial charge in [0.25, 0.3) is 0 Å². The molecule has 0 N–H and O–H groups in total. The fourth-order valence-electron chi connectivity index (χ4n) is 2.80. The number of pyridine rings is 1. The maximum Gasteiger partial charge on any atom is 0.388 e. The molecule has 27 heavy (non-hydrogen) atoms. The Morgan fingerprint density at radius 2 is 1.81 bits per heavy atom. The van der Waals surface area contributed by atoms with Crippen LogP contribution in [0.3, 0.4) is 0 Å². The summed E-state index contributed by atoms with van der Waals surface area (Å²) in [7, 11) is 3.19. The van der Waals surface area contributed by atoms with Crippen LogP contribution >= 0.6 is 11.6 Å². The van der Waals surface area contributed by atoms with Crippen LogP contribution in [0.1, 0.15) is 5.56 Å². The molecule has 0 bridgehead atoms. The molecule has 0 atom stereocenters. The van der Waals surface area contributed by atoms with Crippen molar-refractivity contribution in [3.8, 4) is 28.6 Å². The molecular weight excluding hydrogens is 378 g/mol. The first-order chi connectivity index (χ1) is 13.0. The van der Waals surface area contributed by atoms with E-state index in [9.17, 15) is 8.78 Å². The summed E-state index contributed by atoms with van der Waals surface area (Å²) < 4.78 is 41.9. The highest BCUT2D eigenvalue weighted by Crippen LogP contribution is 2.38. The maximum absolute atomic E-state index is 12.3. The molecule has 0 spiro atoms. The minimum absolute atomic E-state index is 0.0244. The van der Waals surface area contributed by atoms with E-state index in [1.54, 1.807) is 20.3 Å². The van der Waals surface area contributed by atoms with Gasteiger partial charge in [-0.3, -0.25) is 0 Å². The van der Waals surface area contributed by atoms with Crippen molar-refractivity contribution in [2.45, 2.75) is 13.2 Å². The normalized spacial score (nSPS) is 10.9. The van der Waals surface area contributed by atoms with Crippen molar-refractivity contribution in [1.82, 2.24) is 9.55 Å². The zero-order chi connectivity index (χ0) is 19.4. The molecule has 5 nitrogen and oxygen atoms in total. The third kappa shape index (κ3) is 4.14. The van der Waals surface area contributed by atoms with Crippen molar-refractivity contribution >= 4 is 11.6 Å². The van der Waals surface area contributed by atoms with Gasteiger partial charge in [-0.25, -0.2) is 4.98 Å². The molecule has 3 aromatic rings. The predicted octanol–water partition coefficient (Wildman–Crippen LogP) is 4.87. The van der Waals surface area contributed by atoms with Crippen LogP contribution in [0.2, 0.25) is 5.02 Å². The van der Waals surface area contributed by atoms with Crippen LogP contribution in [0.4, 0.5) is 8.78 Å². The first-order valence-electron chi connectivity index (χ1n) is 7.99. The van der Waals surface area contributed by atoms with E-state index in [-0.39, 0.29) is 10.9 Å². The van der Waals surface area contributed by atoms with Crippen LogP contribution in [0.25, 0.3) is 11.3 Å². The van der Waals surface area contributed by atoms with Crippen molar-refractivity contribution in [3.05, 3.63) is 59.4 Å². The molecule has 0 aliphatic heterocycles. The maximum atomic E-state index is 12.3.